The van der Waals surface area contributed by atoms with E-state index in [2.05, 4.69) is 20.3 Å². The Morgan fingerprint density at radius 2 is 1.81 bits per heavy atom. The molecule has 10 heteroatoms. The molecule has 3 aromatic heterocycles. The fourth-order valence-corrected chi connectivity index (χ4v) is 3.50. The molecule has 2 aromatic carbocycles. The summed E-state index contributed by atoms with van der Waals surface area (Å²) in [4.78, 5) is 23.6. The zero-order valence-electron chi connectivity index (χ0n) is 18.5. The Morgan fingerprint density at radius 3 is 2.56 bits per heavy atom. The molecule has 7 nitrogen and oxygen atoms in total. The molecule has 0 saturated heterocycles. The van der Waals surface area contributed by atoms with Gasteiger partial charge in [-0.25, -0.2) is 9.97 Å². The van der Waals surface area contributed by atoms with E-state index < -0.39 is 11.7 Å². The van der Waals surface area contributed by atoms with Gasteiger partial charge in [0.05, 0.1) is 17.3 Å². The molecule has 180 valence electrons. The zero-order chi connectivity index (χ0) is 25.1. The normalized spacial score (nSPS) is 11.4. The summed E-state index contributed by atoms with van der Waals surface area (Å²) < 4.78 is 52.0. The van der Waals surface area contributed by atoms with Crippen LogP contribution < -0.4 is 10.1 Å². The Kier molecular flexibility index (Phi) is 6.07. The van der Waals surface area contributed by atoms with Crippen molar-refractivity contribution in [3.05, 3.63) is 96.0 Å². The molecule has 0 amide bonds. The third-order valence-electron chi connectivity index (χ3n) is 5.24. The zero-order valence-corrected chi connectivity index (χ0v) is 18.5. The molecule has 3 heterocycles. The first-order valence-electron chi connectivity index (χ1n) is 10.7. The van der Waals surface area contributed by atoms with E-state index in [-0.39, 0.29) is 29.8 Å². The van der Waals surface area contributed by atoms with Gasteiger partial charge in [-0.15, -0.1) is 0 Å². The molecule has 5 rings (SSSR count). The molecule has 0 bridgehead atoms. The summed E-state index contributed by atoms with van der Waals surface area (Å²) in [7, 11) is 0. The highest BCUT2D eigenvalue weighted by molar-refractivity contribution is 5.82. The van der Waals surface area contributed by atoms with Crippen molar-refractivity contribution in [2.75, 3.05) is 5.32 Å². The summed E-state index contributed by atoms with van der Waals surface area (Å²) in [6.45, 7) is 0.00787. The van der Waals surface area contributed by atoms with Gasteiger partial charge in [-0.3, -0.25) is 9.78 Å². The number of hydrogen-bond donors (Lipinski definition) is 1. The van der Waals surface area contributed by atoms with Crippen molar-refractivity contribution >= 4 is 28.8 Å². The largest absolute Gasteiger partial charge is 0.488 e. The van der Waals surface area contributed by atoms with Gasteiger partial charge in [-0.05, 0) is 42.0 Å². The van der Waals surface area contributed by atoms with Crippen LogP contribution in [0.25, 0.3) is 22.4 Å². The minimum absolute atomic E-state index is 0.00787. The van der Waals surface area contributed by atoms with Crippen molar-refractivity contribution < 1.29 is 27.1 Å². The lowest BCUT2D eigenvalue weighted by Gasteiger charge is -2.16. The second-order valence-electron chi connectivity index (χ2n) is 7.75. The van der Waals surface area contributed by atoms with Crippen LogP contribution in [0.1, 0.15) is 21.7 Å². The number of nitrogens with one attached hydrogen (secondary N) is 1. The van der Waals surface area contributed by atoms with Gasteiger partial charge in [-0.2, -0.15) is 13.2 Å². The fourth-order valence-electron chi connectivity index (χ4n) is 3.50. The average molecular weight is 490 g/mol. The average Bonchev–Trinajstić information content (AvgIpc) is 3.37. The van der Waals surface area contributed by atoms with Crippen LogP contribution in [0.15, 0.2) is 83.5 Å². The van der Waals surface area contributed by atoms with Gasteiger partial charge in [0.15, 0.2) is 17.8 Å². The number of anilines is 2. The summed E-state index contributed by atoms with van der Waals surface area (Å²) >= 11 is 0. The minimum Gasteiger partial charge on any atom is -0.488 e. The van der Waals surface area contributed by atoms with Crippen molar-refractivity contribution in [2.45, 2.75) is 12.8 Å². The molecule has 0 radical (unpaired) electrons. The number of aldehydes is 1. The summed E-state index contributed by atoms with van der Waals surface area (Å²) in [6, 6.07) is 17.5. The molecule has 0 saturated carbocycles. The SMILES string of the molecule is O=Cc1ccc(-c2cc3cnc(Nc4ccc(OCc5ccccc5)c(C(F)(F)F)c4)nc3cn2)o1. The number of hydrogen-bond acceptors (Lipinski definition) is 7. The van der Waals surface area contributed by atoms with Gasteiger partial charge in [0.1, 0.15) is 18.1 Å². The van der Waals surface area contributed by atoms with E-state index in [9.17, 15) is 18.0 Å². The summed E-state index contributed by atoms with van der Waals surface area (Å²) in [6.07, 6.45) is -1.02. The number of carbonyl (C=O) groups is 1. The number of rotatable bonds is 7. The molecule has 0 aliphatic carbocycles. The number of carbonyl (C=O) groups excluding carboxylic acids is 1. The molecular formula is C26H17F3N4O3. The number of ether oxygens (including phenoxy) is 1. The number of nitrogens with zero attached hydrogens (tertiary/aromatic N) is 3. The number of pyridine rings is 1. The molecule has 5 aromatic rings. The maximum Gasteiger partial charge on any atom is 0.420 e. The van der Waals surface area contributed by atoms with Gasteiger partial charge in [-0.1, -0.05) is 30.3 Å². The van der Waals surface area contributed by atoms with Crippen LogP contribution >= 0.6 is 0 Å². The lowest BCUT2D eigenvalue weighted by molar-refractivity contribution is -0.139. The molecule has 36 heavy (non-hydrogen) atoms. The van der Waals surface area contributed by atoms with Gasteiger partial charge >= 0.3 is 6.18 Å². The van der Waals surface area contributed by atoms with Crippen LogP contribution in [0, 0.1) is 0 Å². The van der Waals surface area contributed by atoms with Gasteiger partial charge in [0.2, 0.25) is 5.95 Å². The highest BCUT2D eigenvalue weighted by Crippen LogP contribution is 2.38. The van der Waals surface area contributed by atoms with E-state index in [0.717, 1.165) is 11.6 Å². The standard InChI is InChI=1S/C26H17F3N4O3/c27-26(28,29)20-11-18(6-8-23(20)35-15-16-4-2-1-3-5-16)32-25-31-12-17-10-21(30-13-22(17)33-25)24-9-7-19(14-34)36-24/h1-14H,15H2,(H,31,32,33). The summed E-state index contributed by atoms with van der Waals surface area (Å²) in [5.74, 6) is 0.418. The van der Waals surface area contributed by atoms with Gasteiger partial charge < -0.3 is 14.5 Å². The maximum atomic E-state index is 13.7. The van der Waals surface area contributed by atoms with Crippen molar-refractivity contribution in [3.8, 4) is 17.2 Å². The fraction of sp³-hybridized carbons (Fsp3) is 0.0769. The minimum atomic E-state index is -4.62. The highest BCUT2D eigenvalue weighted by atomic mass is 19.4. The van der Waals surface area contributed by atoms with Gasteiger partial charge in [0, 0.05) is 17.3 Å². The number of alkyl halides is 3. The number of fused-ring (bicyclic) bond motifs is 1. The Morgan fingerprint density at radius 1 is 0.972 bits per heavy atom. The van der Waals surface area contributed by atoms with E-state index in [1.807, 2.05) is 6.07 Å². The third-order valence-corrected chi connectivity index (χ3v) is 5.24. The van der Waals surface area contributed by atoms with E-state index in [0.29, 0.717) is 28.6 Å². The van der Waals surface area contributed by atoms with Crippen LogP contribution in [-0.4, -0.2) is 21.2 Å². The van der Waals surface area contributed by atoms with Crippen LogP contribution in [0.3, 0.4) is 0 Å². The molecule has 1 N–H and O–H groups in total. The topological polar surface area (TPSA) is 90.1 Å². The third kappa shape index (κ3) is 5.02. The molecular weight excluding hydrogens is 473 g/mol. The first kappa shape index (κ1) is 23.0. The Labute approximate surface area is 202 Å². The molecule has 0 atom stereocenters. The highest BCUT2D eigenvalue weighted by Gasteiger charge is 2.35. The smallest absolute Gasteiger partial charge is 0.420 e. The molecule has 0 spiro atoms. The Balaban J connectivity index is 1.37. The number of halogens is 3. The van der Waals surface area contributed by atoms with Crippen molar-refractivity contribution in [2.24, 2.45) is 0 Å². The predicted molar refractivity (Wildman–Crippen MR) is 126 cm³/mol. The van der Waals surface area contributed by atoms with Gasteiger partial charge in [0.25, 0.3) is 0 Å². The lowest BCUT2D eigenvalue weighted by Crippen LogP contribution is -2.10. The van der Waals surface area contributed by atoms with E-state index in [1.165, 1.54) is 30.6 Å². The van der Waals surface area contributed by atoms with E-state index in [4.69, 9.17) is 9.15 Å². The van der Waals surface area contributed by atoms with Crippen molar-refractivity contribution in [1.29, 1.82) is 0 Å². The Hall–Kier alpha value is -4.73. The van der Waals surface area contributed by atoms with Crippen LogP contribution in [0.5, 0.6) is 5.75 Å². The first-order valence-corrected chi connectivity index (χ1v) is 10.7. The van der Waals surface area contributed by atoms with Crippen molar-refractivity contribution in [3.63, 3.8) is 0 Å². The van der Waals surface area contributed by atoms with Crippen LogP contribution in [0.2, 0.25) is 0 Å². The summed E-state index contributed by atoms with van der Waals surface area (Å²) in [5.41, 5.74) is 0.947. The first-order chi connectivity index (χ1) is 17.4. The summed E-state index contributed by atoms with van der Waals surface area (Å²) in [5, 5.41) is 3.44. The maximum absolute atomic E-state index is 13.7. The predicted octanol–water partition coefficient (Wildman–Crippen LogP) is 6.44. The molecule has 0 aliphatic heterocycles. The number of aromatic nitrogens is 3. The monoisotopic (exact) mass is 490 g/mol. The van der Waals surface area contributed by atoms with Crippen LogP contribution in [-0.2, 0) is 12.8 Å². The van der Waals surface area contributed by atoms with Crippen LogP contribution in [0.4, 0.5) is 24.8 Å². The quantitative estimate of drug-likeness (QED) is 0.263. The molecule has 0 fully saturated rings. The van der Waals surface area contributed by atoms with E-state index in [1.54, 1.807) is 36.4 Å². The molecule has 0 unspecified atom stereocenters. The van der Waals surface area contributed by atoms with E-state index >= 15 is 0 Å². The second-order valence-corrected chi connectivity index (χ2v) is 7.75. The number of furan rings is 1. The number of benzene rings is 2. The Bertz CT molecular complexity index is 1540. The van der Waals surface area contributed by atoms with Crippen molar-refractivity contribution in [1.82, 2.24) is 15.0 Å². The lowest BCUT2D eigenvalue weighted by atomic mass is 10.1. The molecule has 0 aliphatic rings. The second kappa shape index (κ2) is 9.49.